The van der Waals surface area contributed by atoms with Gasteiger partial charge in [-0.25, -0.2) is 0 Å². The molecule has 0 bridgehead atoms. The van der Waals surface area contributed by atoms with Gasteiger partial charge in [-0.15, -0.1) is 0 Å². The van der Waals surface area contributed by atoms with E-state index in [1.165, 1.54) is 0 Å². The highest BCUT2D eigenvalue weighted by molar-refractivity contribution is 6.00. The average Bonchev–Trinajstić information content (AvgIpc) is 3.50. The predicted octanol–water partition coefficient (Wildman–Crippen LogP) is 1.47. The van der Waals surface area contributed by atoms with Crippen molar-refractivity contribution in [2.75, 3.05) is 32.1 Å². The molecule has 1 aliphatic carbocycles. The van der Waals surface area contributed by atoms with Gasteiger partial charge in [0.15, 0.2) is 0 Å². The van der Waals surface area contributed by atoms with Crippen LogP contribution in [0, 0.1) is 11.8 Å². The second-order valence-electron chi connectivity index (χ2n) is 7.65. The molecule has 0 radical (unpaired) electrons. The van der Waals surface area contributed by atoms with Crippen LogP contribution in [0.3, 0.4) is 0 Å². The molecule has 2 amide bonds. The van der Waals surface area contributed by atoms with Crippen LogP contribution in [0.25, 0.3) is 0 Å². The summed E-state index contributed by atoms with van der Waals surface area (Å²) in [6.45, 7) is 4.91. The van der Waals surface area contributed by atoms with E-state index in [0.29, 0.717) is 30.1 Å². The molecular weight excluding hydrogens is 346 g/mol. The Bertz CT molecular complexity index is 704. The molecule has 1 heterocycles. The third kappa shape index (κ3) is 4.42. The van der Waals surface area contributed by atoms with Crippen LogP contribution in [0.2, 0.25) is 0 Å². The lowest BCUT2D eigenvalue weighted by molar-refractivity contribution is -0.117. The zero-order chi connectivity index (χ0) is 19.6. The SMILES string of the molecule is CNC[C@@H]1Oc2ccc(NC(=O)C3CC3)cc2C(=O)N([C@H](C)CO)C[C@H]1C. The van der Waals surface area contributed by atoms with E-state index in [1.807, 2.05) is 20.9 Å². The summed E-state index contributed by atoms with van der Waals surface area (Å²) in [5, 5.41) is 15.6. The van der Waals surface area contributed by atoms with Crippen LogP contribution in [-0.4, -0.2) is 60.7 Å². The highest BCUT2D eigenvalue weighted by atomic mass is 16.5. The minimum absolute atomic E-state index is 0.00331. The Labute approximate surface area is 160 Å². The average molecular weight is 375 g/mol. The van der Waals surface area contributed by atoms with Gasteiger partial charge >= 0.3 is 0 Å². The number of aliphatic hydroxyl groups is 1. The molecule has 1 aromatic carbocycles. The first-order chi connectivity index (χ1) is 12.9. The number of fused-ring (bicyclic) bond motifs is 1. The van der Waals surface area contributed by atoms with Crippen LogP contribution in [-0.2, 0) is 4.79 Å². The molecule has 0 aromatic heterocycles. The molecule has 7 nitrogen and oxygen atoms in total. The maximum Gasteiger partial charge on any atom is 0.258 e. The van der Waals surface area contributed by atoms with E-state index < -0.39 is 0 Å². The van der Waals surface area contributed by atoms with Gasteiger partial charge in [0.05, 0.1) is 18.2 Å². The van der Waals surface area contributed by atoms with Crippen molar-refractivity contribution in [2.24, 2.45) is 11.8 Å². The normalized spacial score (nSPS) is 23.7. The van der Waals surface area contributed by atoms with Gasteiger partial charge in [0, 0.05) is 30.6 Å². The number of anilines is 1. The summed E-state index contributed by atoms with van der Waals surface area (Å²) in [6.07, 6.45) is 1.73. The van der Waals surface area contributed by atoms with Crippen LogP contribution >= 0.6 is 0 Å². The molecule has 0 spiro atoms. The number of hydrogen-bond acceptors (Lipinski definition) is 5. The molecule has 27 heavy (non-hydrogen) atoms. The van der Waals surface area contributed by atoms with Crippen LogP contribution in [0.1, 0.15) is 37.0 Å². The van der Waals surface area contributed by atoms with Gasteiger partial charge < -0.3 is 25.4 Å². The highest BCUT2D eigenvalue weighted by Gasteiger charge is 2.33. The van der Waals surface area contributed by atoms with E-state index >= 15 is 0 Å². The summed E-state index contributed by atoms with van der Waals surface area (Å²) in [4.78, 5) is 27.0. The lowest BCUT2D eigenvalue weighted by Crippen LogP contribution is -2.49. The molecule has 3 N–H and O–H groups in total. The van der Waals surface area contributed by atoms with E-state index in [9.17, 15) is 14.7 Å². The summed E-state index contributed by atoms with van der Waals surface area (Å²) in [7, 11) is 1.87. The zero-order valence-electron chi connectivity index (χ0n) is 16.2. The van der Waals surface area contributed by atoms with Crippen LogP contribution in [0.15, 0.2) is 18.2 Å². The molecule has 7 heteroatoms. The van der Waals surface area contributed by atoms with Gasteiger partial charge in [-0.05, 0) is 45.0 Å². The van der Waals surface area contributed by atoms with Gasteiger partial charge in [0.2, 0.25) is 5.91 Å². The molecule has 1 fully saturated rings. The zero-order valence-corrected chi connectivity index (χ0v) is 16.2. The van der Waals surface area contributed by atoms with Gasteiger partial charge in [-0.3, -0.25) is 9.59 Å². The molecule has 1 aliphatic heterocycles. The van der Waals surface area contributed by atoms with Crippen LogP contribution in [0.4, 0.5) is 5.69 Å². The number of carbonyl (C=O) groups excluding carboxylic acids is 2. The third-order valence-electron chi connectivity index (χ3n) is 5.29. The number of amides is 2. The van der Waals surface area contributed by atoms with E-state index in [-0.39, 0.29) is 42.4 Å². The number of likely N-dealkylation sites (N-methyl/N-ethyl adjacent to an activating group) is 1. The Morgan fingerprint density at radius 3 is 2.78 bits per heavy atom. The lowest BCUT2D eigenvalue weighted by Gasteiger charge is -2.37. The second kappa shape index (κ2) is 8.27. The van der Waals surface area contributed by atoms with Gasteiger partial charge in [0.25, 0.3) is 5.91 Å². The molecule has 3 rings (SSSR count). The first-order valence-electron chi connectivity index (χ1n) is 9.62. The number of ether oxygens (including phenoxy) is 1. The third-order valence-corrected chi connectivity index (χ3v) is 5.29. The topological polar surface area (TPSA) is 90.9 Å². The summed E-state index contributed by atoms with van der Waals surface area (Å²) in [5.74, 6) is 0.496. The summed E-state index contributed by atoms with van der Waals surface area (Å²) >= 11 is 0. The molecule has 2 aliphatic rings. The molecule has 3 atom stereocenters. The molecule has 148 valence electrons. The largest absolute Gasteiger partial charge is 0.488 e. The van der Waals surface area contributed by atoms with Crippen molar-refractivity contribution in [3.05, 3.63) is 23.8 Å². The first-order valence-corrected chi connectivity index (χ1v) is 9.62. The Morgan fingerprint density at radius 1 is 1.41 bits per heavy atom. The van der Waals surface area contributed by atoms with E-state index in [0.717, 1.165) is 12.8 Å². The Hall–Kier alpha value is -2.12. The molecule has 0 saturated heterocycles. The number of aliphatic hydroxyl groups excluding tert-OH is 1. The fraction of sp³-hybridized carbons (Fsp3) is 0.600. The smallest absolute Gasteiger partial charge is 0.258 e. The predicted molar refractivity (Wildman–Crippen MR) is 103 cm³/mol. The lowest BCUT2D eigenvalue weighted by atomic mass is 9.99. The maximum absolute atomic E-state index is 13.2. The van der Waals surface area contributed by atoms with Gasteiger partial charge in [-0.2, -0.15) is 0 Å². The summed E-state index contributed by atoms with van der Waals surface area (Å²) < 4.78 is 6.16. The number of nitrogens with one attached hydrogen (secondary N) is 2. The summed E-state index contributed by atoms with van der Waals surface area (Å²) in [6, 6.07) is 4.90. The van der Waals surface area contributed by atoms with Gasteiger partial charge in [0.1, 0.15) is 11.9 Å². The summed E-state index contributed by atoms with van der Waals surface area (Å²) in [5.41, 5.74) is 1.01. The number of benzene rings is 1. The van der Waals surface area contributed by atoms with Crippen molar-refractivity contribution in [1.29, 1.82) is 0 Å². The van der Waals surface area contributed by atoms with E-state index in [4.69, 9.17) is 4.74 Å². The monoisotopic (exact) mass is 375 g/mol. The van der Waals surface area contributed by atoms with Crippen molar-refractivity contribution in [2.45, 2.75) is 38.8 Å². The standard InChI is InChI=1S/C20H29N3O4/c1-12-10-23(13(2)11-24)20(26)16-8-15(22-19(25)14-4-5-14)6-7-17(16)27-18(12)9-21-3/h6-8,12-14,18,21,24H,4-5,9-11H2,1-3H3,(H,22,25)/t12-,13-,18+/m1/s1. The maximum atomic E-state index is 13.2. The quantitative estimate of drug-likeness (QED) is 0.701. The van der Waals surface area contributed by atoms with Crippen molar-refractivity contribution in [1.82, 2.24) is 10.2 Å². The highest BCUT2D eigenvalue weighted by Crippen LogP contribution is 2.33. The van der Waals surface area contributed by atoms with Crippen molar-refractivity contribution in [3.8, 4) is 5.75 Å². The number of carbonyl (C=O) groups is 2. The first kappa shape index (κ1) is 19.6. The van der Waals surface area contributed by atoms with Crippen molar-refractivity contribution >= 4 is 17.5 Å². The Balaban J connectivity index is 1.94. The molecule has 1 saturated carbocycles. The Kier molecular flexibility index (Phi) is 6.01. The van der Waals surface area contributed by atoms with E-state index in [2.05, 4.69) is 10.6 Å². The van der Waals surface area contributed by atoms with E-state index in [1.54, 1.807) is 23.1 Å². The fourth-order valence-corrected chi connectivity index (χ4v) is 3.33. The number of rotatable bonds is 6. The minimum Gasteiger partial charge on any atom is -0.488 e. The molecule has 1 aromatic rings. The van der Waals surface area contributed by atoms with Crippen molar-refractivity contribution < 1.29 is 19.4 Å². The van der Waals surface area contributed by atoms with Gasteiger partial charge in [-0.1, -0.05) is 6.92 Å². The van der Waals surface area contributed by atoms with Crippen molar-refractivity contribution in [3.63, 3.8) is 0 Å². The molecule has 0 unspecified atom stereocenters. The van der Waals surface area contributed by atoms with Crippen LogP contribution < -0.4 is 15.4 Å². The number of hydrogen-bond donors (Lipinski definition) is 3. The number of nitrogens with zero attached hydrogens (tertiary/aromatic N) is 1. The Morgan fingerprint density at radius 2 is 2.15 bits per heavy atom. The van der Waals surface area contributed by atoms with Crippen LogP contribution in [0.5, 0.6) is 5.75 Å². The fourth-order valence-electron chi connectivity index (χ4n) is 3.33. The molecular formula is C20H29N3O4. The minimum atomic E-state index is -0.300. The second-order valence-corrected chi connectivity index (χ2v) is 7.65.